The Kier molecular flexibility index (Phi) is 2.84. The normalized spacial score (nSPS) is 17.2. The van der Waals surface area contributed by atoms with Gasteiger partial charge in [-0.05, 0) is 18.4 Å². The molecule has 1 aliphatic carbocycles. The third kappa shape index (κ3) is 1.71. The van der Waals surface area contributed by atoms with Gasteiger partial charge in [0.25, 0.3) is 0 Å². The molecule has 1 aromatic carbocycles. The molecule has 1 fully saturated rings. The van der Waals surface area contributed by atoms with E-state index >= 15 is 0 Å². The number of rotatable bonds is 3. The van der Waals surface area contributed by atoms with E-state index in [0.29, 0.717) is 0 Å². The first-order valence-electron chi connectivity index (χ1n) is 6.33. The van der Waals surface area contributed by atoms with Crippen LogP contribution in [-0.4, -0.2) is 15.1 Å². The van der Waals surface area contributed by atoms with E-state index in [4.69, 9.17) is 5.11 Å². The maximum atomic E-state index is 9.04. The first-order chi connectivity index (χ1) is 8.85. The molecular formula is C15H16N2O. The molecule has 3 heteroatoms. The van der Waals surface area contributed by atoms with E-state index in [2.05, 4.69) is 34.2 Å². The predicted octanol–water partition coefficient (Wildman–Crippen LogP) is 2.44. The largest absolute Gasteiger partial charge is 0.392 e. The quantitative estimate of drug-likeness (QED) is 0.896. The minimum absolute atomic E-state index is 0.00137. The maximum absolute atomic E-state index is 9.04. The van der Waals surface area contributed by atoms with Crippen LogP contribution < -0.4 is 0 Å². The Bertz CT molecular complexity index is 518. The number of hydrogen-bond donors (Lipinski definition) is 1. The molecule has 92 valence electrons. The highest BCUT2D eigenvalue weighted by Crippen LogP contribution is 2.47. The summed E-state index contributed by atoms with van der Waals surface area (Å²) in [7, 11) is 0. The summed E-state index contributed by atoms with van der Waals surface area (Å²) in [6.07, 6.45) is 6.89. The zero-order chi connectivity index (χ0) is 12.4. The predicted molar refractivity (Wildman–Crippen MR) is 69.0 cm³/mol. The summed E-state index contributed by atoms with van der Waals surface area (Å²) in [6, 6.07) is 10.5. The number of benzene rings is 1. The molecule has 2 aromatic rings. The van der Waals surface area contributed by atoms with Crippen LogP contribution in [0.1, 0.15) is 36.2 Å². The van der Waals surface area contributed by atoms with Crippen LogP contribution in [0.3, 0.4) is 0 Å². The van der Waals surface area contributed by atoms with Crippen LogP contribution in [-0.2, 0) is 12.0 Å². The van der Waals surface area contributed by atoms with E-state index in [1.54, 1.807) is 12.4 Å². The number of nitrogens with zero attached hydrogens (tertiary/aromatic N) is 2. The van der Waals surface area contributed by atoms with Crippen molar-refractivity contribution in [1.82, 2.24) is 9.97 Å². The van der Waals surface area contributed by atoms with Crippen molar-refractivity contribution in [2.45, 2.75) is 31.3 Å². The zero-order valence-corrected chi connectivity index (χ0v) is 10.2. The van der Waals surface area contributed by atoms with E-state index in [1.165, 1.54) is 12.0 Å². The van der Waals surface area contributed by atoms with E-state index in [0.717, 1.165) is 24.2 Å². The Morgan fingerprint density at radius 2 is 1.72 bits per heavy atom. The fourth-order valence-electron chi connectivity index (χ4n) is 2.61. The third-order valence-electron chi connectivity index (χ3n) is 3.85. The Balaban J connectivity index is 2.01. The Hall–Kier alpha value is -1.74. The molecule has 0 atom stereocenters. The second kappa shape index (κ2) is 4.50. The average molecular weight is 240 g/mol. The lowest BCUT2D eigenvalue weighted by atomic mass is 9.64. The first-order valence-corrected chi connectivity index (χ1v) is 6.33. The summed E-state index contributed by atoms with van der Waals surface area (Å²) in [5.74, 6) is 0.886. The van der Waals surface area contributed by atoms with Gasteiger partial charge in [-0.25, -0.2) is 9.97 Å². The van der Waals surface area contributed by atoms with Crippen molar-refractivity contribution in [2.75, 3.05) is 0 Å². The Morgan fingerprint density at radius 1 is 1.06 bits per heavy atom. The monoisotopic (exact) mass is 240 g/mol. The van der Waals surface area contributed by atoms with Crippen molar-refractivity contribution >= 4 is 0 Å². The molecule has 3 nitrogen and oxygen atoms in total. The van der Waals surface area contributed by atoms with Crippen LogP contribution in [0.5, 0.6) is 0 Å². The molecule has 1 aromatic heterocycles. The van der Waals surface area contributed by atoms with E-state index in [9.17, 15) is 0 Å². The highest BCUT2D eigenvalue weighted by Gasteiger charge is 2.42. The summed E-state index contributed by atoms with van der Waals surface area (Å²) < 4.78 is 0. The van der Waals surface area contributed by atoms with Crippen LogP contribution in [0.4, 0.5) is 0 Å². The molecule has 1 N–H and O–H groups in total. The van der Waals surface area contributed by atoms with Gasteiger partial charge in [-0.1, -0.05) is 36.8 Å². The molecule has 0 saturated heterocycles. The topological polar surface area (TPSA) is 46.0 Å². The van der Waals surface area contributed by atoms with E-state index < -0.39 is 0 Å². The van der Waals surface area contributed by atoms with Crippen LogP contribution in [0.2, 0.25) is 0 Å². The van der Waals surface area contributed by atoms with Gasteiger partial charge in [-0.2, -0.15) is 0 Å². The molecule has 18 heavy (non-hydrogen) atoms. The van der Waals surface area contributed by atoms with E-state index in [-0.39, 0.29) is 12.0 Å². The maximum Gasteiger partial charge on any atom is 0.138 e. The van der Waals surface area contributed by atoms with Gasteiger partial charge >= 0.3 is 0 Å². The van der Waals surface area contributed by atoms with Crippen molar-refractivity contribution < 1.29 is 5.11 Å². The molecule has 0 bridgehead atoms. The molecule has 3 rings (SSSR count). The SMILES string of the molecule is OCc1cnc(C2(c3ccccc3)CCC2)nc1. The van der Waals surface area contributed by atoms with Gasteiger partial charge in [0.15, 0.2) is 0 Å². The molecule has 0 radical (unpaired) electrons. The molecule has 0 unspecified atom stereocenters. The van der Waals surface area contributed by atoms with Gasteiger partial charge in [0, 0.05) is 18.0 Å². The van der Waals surface area contributed by atoms with Crippen molar-refractivity contribution in [3.63, 3.8) is 0 Å². The van der Waals surface area contributed by atoms with Crippen LogP contribution in [0.25, 0.3) is 0 Å². The standard InChI is InChI=1S/C15H16N2O/c18-11-12-9-16-14(17-10-12)15(7-4-8-15)13-5-2-1-3-6-13/h1-3,5-6,9-10,18H,4,7-8,11H2. The van der Waals surface area contributed by atoms with Gasteiger partial charge in [0.1, 0.15) is 5.82 Å². The van der Waals surface area contributed by atoms with Crippen molar-refractivity contribution in [2.24, 2.45) is 0 Å². The first kappa shape index (κ1) is 11.4. The Labute approximate surface area is 107 Å². The van der Waals surface area contributed by atoms with Gasteiger partial charge < -0.3 is 5.11 Å². The molecule has 1 aliphatic rings. The Morgan fingerprint density at radius 3 is 2.22 bits per heavy atom. The molecule has 0 amide bonds. The summed E-state index contributed by atoms with van der Waals surface area (Å²) in [5, 5.41) is 9.04. The number of aliphatic hydroxyl groups is 1. The van der Waals surface area contributed by atoms with Gasteiger partial charge in [-0.15, -0.1) is 0 Å². The van der Waals surface area contributed by atoms with Crippen LogP contribution in [0, 0.1) is 0 Å². The molecule has 0 aliphatic heterocycles. The second-order valence-corrected chi connectivity index (χ2v) is 4.87. The lowest BCUT2D eigenvalue weighted by Crippen LogP contribution is -2.37. The fourth-order valence-corrected chi connectivity index (χ4v) is 2.61. The van der Waals surface area contributed by atoms with Crippen molar-refractivity contribution in [3.8, 4) is 0 Å². The summed E-state index contributed by atoms with van der Waals surface area (Å²) in [6.45, 7) is -0.00137. The minimum Gasteiger partial charge on any atom is -0.392 e. The smallest absolute Gasteiger partial charge is 0.138 e. The summed E-state index contributed by atoms with van der Waals surface area (Å²) in [5.41, 5.74) is 2.06. The highest BCUT2D eigenvalue weighted by atomic mass is 16.3. The van der Waals surface area contributed by atoms with Gasteiger partial charge in [-0.3, -0.25) is 0 Å². The molecule has 1 heterocycles. The average Bonchev–Trinajstić information content (AvgIpc) is 2.40. The van der Waals surface area contributed by atoms with Crippen LogP contribution in [0.15, 0.2) is 42.7 Å². The zero-order valence-electron chi connectivity index (χ0n) is 10.2. The van der Waals surface area contributed by atoms with Crippen LogP contribution >= 0.6 is 0 Å². The number of aromatic nitrogens is 2. The molecule has 0 spiro atoms. The molecule has 1 saturated carbocycles. The fraction of sp³-hybridized carbons (Fsp3) is 0.333. The number of hydrogen-bond acceptors (Lipinski definition) is 3. The van der Waals surface area contributed by atoms with Gasteiger partial charge in [0.05, 0.1) is 12.0 Å². The summed E-state index contributed by atoms with van der Waals surface area (Å²) >= 11 is 0. The highest BCUT2D eigenvalue weighted by molar-refractivity contribution is 5.35. The van der Waals surface area contributed by atoms with Gasteiger partial charge in [0.2, 0.25) is 0 Å². The lowest BCUT2D eigenvalue weighted by molar-refractivity contribution is 0.274. The van der Waals surface area contributed by atoms with Crippen molar-refractivity contribution in [3.05, 3.63) is 59.7 Å². The molecular weight excluding hydrogens is 224 g/mol. The minimum atomic E-state index is -0.00472. The van der Waals surface area contributed by atoms with Crippen molar-refractivity contribution in [1.29, 1.82) is 0 Å². The third-order valence-corrected chi connectivity index (χ3v) is 3.85. The van der Waals surface area contributed by atoms with E-state index in [1.807, 2.05) is 6.07 Å². The second-order valence-electron chi connectivity index (χ2n) is 4.87. The number of aliphatic hydroxyl groups excluding tert-OH is 1. The summed E-state index contributed by atoms with van der Waals surface area (Å²) in [4.78, 5) is 8.90. The lowest BCUT2D eigenvalue weighted by Gasteiger charge is -2.40.